The highest BCUT2D eigenvalue weighted by Crippen LogP contribution is 2.22. The molecule has 1 aromatic heterocycles. The van der Waals surface area contributed by atoms with E-state index in [0.717, 1.165) is 4.90 Å². The summed E-state index contributed by atoms with van der Waals surface area (Å²) in [6, 6.07) is 8.13. The van der Waals surface area contributed by atoms with Gasteiger partial charge in [-0.25, -0.2) is 5.43 Å². The fraction of sp³-hybridized carbons (Fsp3) is 0.278. The molecule has 1 aromatic carbocycles. The van der Waals surface area contributed by atoms with Gasteiger partial charge in [0.2, 0.25) is 5.91 Å². The van der Waals surface area contributed by atoms with Crippen molar-refractivity contribution in [1.82, 2.24) is 10.4 Å². The Labute approximate surface area is 151 Å². The minimum atomic E-state index is -0.274. The molecule has 132 valence electrons. The van der Waals surface area contributed by atoms with Crippen molar-refractivity contribution in [2.45, 2.75) is 31.8 Å². The van der Waals surface area contributed by atoms with Crippen molar-refractivity contribution in [1.29, 1.82) is 0 Å². The lowest BCUT2D eigenvalue weighted by atomic mass is 10.1. The van der Waals surface area contributed by atoms with Crippen LogP contribution in [0.15, 0.2) is 40.5 Å². The maximum absolute atomic E-state index is 11.8. The van der Waals surface area contributed by atoms with Gasteiger partial charge in [0.25, 0.3) is 0 Å². The lowest BCUT2D eigenvalue weighted by Crippen LogP contribution is -2.18. The molecule has 25 heavy (non-hydrogen) atoms. The molecule has 0 fully saturated rings. The molecule has 0 saturated carbocycles. The summed E-state index contributed by atoms with van der Waals surface area (Å²) in [5.41, 5.74) is 4.85. The third-order valence-corrected chi connectivity index (χ3v) is 4.54. The Kier molecular flexibility index (Phi) is 6.97. The maximum Gasteiger partial charge on any atom is 0.240 e. The van der Waals surface area contributed by atoms with E-state index in [0.29, 0.717) is 29.0 Å². The van der Waals surface area contributed by atoms with E-state index in [9.17, 15) is 15.0 Å². The van der Waals surface area contributed by atoms with Crippen LogP contribution in [0, 0.1) is 13.8 Å². The summed E-state index contributed by atoms with van der Waals surface area (Å²) in [5.74, 6) is 0.373. The molecule has 0 unspecified atom stereocenters. The molecule has 6 nitrogen and oxygen atoms in total. The van der Waals surface area contributed by atoms with Crippen LogP contribution in [0.4, 0.5) is 0 Å². The summed E-state index contributed by atoms with van der Waals surface area (Å²) in [5, 5.41) is 23.1. The van der Waals surface area contributed by atoms with Gasteiger partial charge in [-0.2, -0.15) is 5.10 Å². The van der Waals surface area contributed by atoms with Crippen LogP contribution in [-0.2, 0) is 11.4 Å². The van der Waals surface area contributed by atoms with E-state index < -0.39 is 0 Å². The van der Waals surface area contributed by atoms with Gasteiger partial charge in [0, 0.05) is 34.4 Å². The minimum Gasteiger partial charge on any atom is -0.505 e. The Morgan fingerprint density at radius 2 is 2.04 bits per heavy atom. The number of amides is 1. The molecule has 3 N–H and O–H groups in total. The summed E-state index contributed by atoms with van der Waals surface area (Å²) in [7, 11) is 0. The predicted molar refractivity (Wildman–Crippen MR) is 98.8 cm³/mol. The number of aliphatic hydroxyl groups excluding tert-OH is 1. The number of hydrogen-bond acceptors (Lipinski definition) is 6. The van der Waals surface area contributed by atoms with Crippen LogP contribution in [0.5, 0.6) is 5.75 Å². The third-order valence-electron chi connectivity index (χ3n) is 3.53. The molecule has 1 heterocycles. The quantitative estimate of drug-likeness (QED) is 0.401. The summed E-state index contributed by atoms with van der Waals surface area (Å²) < 4.78 is 0. The van der Waals surface area contributed by atoms with Crippen molar-refractivity contribution in [3.05, 3.63) is 52.8 Å². The Bertz CT molecular complexity index is 761. The van der Waals surface area contributed by atoms with Gasteiger partial charge in [-0.1, -0.05) is 17.7 Å². The molecular formula is C18H21N3O3S. The standard InChI is InChI=1S/C18H21N3O3S/c1-12-3-5-15(6-4-12)25-8-7-17(23)21-20-10-16-14(11-22)9-19-13(2)18(16)24/h3-6,9-10,22,24H,7-8,11H2,1-2H3,(H,21,23). The van der Waals surface area contributed by atoms with Crippen molar-refractivity contribution >= 4 is 23.9 Å². The van der Waals surface area contributed by atoms with Crippen molar-refractivity contribution in [3.8, 4) is 5.75 Å². The normalized spacial score (nSPS) is 11.0. The Hall–Kier alpha value is -2.38. The second kappa shape index (κ2) is 9.19. The molecule has 0 aliphatic carbocycles. The van der Waals surface area contributed by atoms with Gasteiger partial charge in [0.05, 0.1) is 18.5 Å². The number of hydrazone groups is 1. The first-order valence-corrected chi connectivity index (χ1v) is 8.79. The van der Waals surface area contributed by atoms with Crippen LogP contribution in [0.3, 0.4) is 0 Å². The van der Waals surface area contributed by atoms with Gasteiger partial charge in [0.15, 0.2) is 0 Å². The van der Waals surface area contributed by atoms with Gasteiger partial charge in [-0.15, -0.1) is 11.8 Å². The number of aliphatic hydroxyl groups is 1. The van der Waals surface area contributed by atoms with E-state index in [-0.39, 0.29) is 18.3 Å². The smallest absolute Gasteiger partial charge is 0.240 e. The van der Waals surface area contributed by atoms with Crippen LogP contribution in [-0.4, -0.2) is 33.1 Å². The lowest BCUT2D eigenvalue weighted by molar-refractivity contribution is -0.120. The Morgan fingerprint density at radius 1 is 1.32 bits per heavy atom. The number of rotatable bonds is 7. The molecule has 0 atom stereocenters. The molecule has 0 aliphatic heterocycles. The number of aromatic hydroxyl groups is 1. The van der Waals surface area contributed by atoms with Gasteiger partial charge in [-0.05, 0) is 26.0 Å². The van der Waals surface area contributed by atoms with Crippen molar-refractivity contribution < 1.29 is 15.0 Å². The second-order valence-corrected chi connectivity index (χ2v) is 6.66. The highest BCUT2D eigenvalue weighted by molar-refractivity contribution is 7.99. The first kappa shape index (κ1) is 19.0. The molecular weight excluding hydrogens is 338 g/mol. The molecule has 7 heteroatoms. The van der Waals surface area contributed by atoms with E-state index in [2.05, 4.69) is 15.5 Å². The third kappa shape index (κ3) is 5.58. The molecule has 2 rings (SSSR count). The van der Waals surface area contributed by atoms with Crippen molar-refractivity contribution in [2.75, 3.05) is 5.75 Å². The number of nitrogens with one attached hydrogen (secondary N) is 1. The molecule has 2 aromatic rings. The maximum atomic E-state index is 11.8. The number of carbonyl (C=O) groups is 1. The van der Waals surface area contributed by atoms with Crippen molar-refractivity contribution in [2.24, 2.45) is 5.10 Å². The monoisotopic (exact) mass is 359 g/mol. The van der Waals surface area contributed by atoms with Crippen molar-refractivity contribution in [3.63, 3.8) is 0 Å². The van der Waals surface area contributed by atoms with Crippen LogP contribution in [0.2, 0.25) is 0 Å². The highest BCUT2D eigenvalue weighted by atomic mass is 32.2. The molecule has 0 radical (unpaired) electrons. The molecule has 0 spiro atoms. The SMILES string of the molecule is Cc1ccc(SCCC(=O)NN=Cc2c(CO)cnc(C)c2O)cc1. The fourth-order valence-corrected chi connectivity index (χ4v) is 2.89. The van der Waals surface area contributed by atoms with Crippen LogP contribution < -0.4 is 5.43 Å². The fourth-order valence-electron chi connectivity index (χ4n) is 2.04. The lowest BCUT2D eigenvalue weighted by Gasteiger charge is -2.07. The van der Waals surface area contributed by atoms with Gasteiger partial charge >= 0.3 is 0 Å². The first-order valence-electron chi connectivity index (χ1n) is 7.81. The van der Waals surface area contributed by atoms with Crippen LogP contribution >= 0.6 is 11.8 Å². The number of aromatic nitrogens is 1. The summed E-state index contributed by atoms with van der Waals surface area (Å²) in [6.45, 7) is 3.40. The number of nitrogens with zero attached hydrogens (tertiary/aromatic N) is 2. The van der Waals surface area contributed by atoms with E-state index >= 15 is 0 Å². The molecule has 0 aliphatic rings. The Balaban J connectivity index is 1.84. The molecule has 0 saturated heterocycles. The van der Waals surface area contributed by atoms with Gasteiger partial charge in [0.1, 0.15) is 5.75 Å². The van der Waals surface area contributed by atoms with Gasteiger partial charge < -0.3 is 10.2 Å². The number of carbonyl (C=O) groups excluding carboxylic acids is 1. The van der Waals surface area contributed by atoms with Crippen LogP contribution in [0.25, 0.3) is 0 Å². The van der Waals surface area contributed by atoms with Crippen LogP contribution in [0.1, 0.15) is 28.8 Å². The Morgan fingerprint density at radius 3 is 2.72 bits per heavy atom. The first-order chi connectivity index (χ1) is 12.0. The molecule has 1 amide bonds. The average molecular weight is 359 g/mol. The van der Waals surface area contributed by atoms with E-state index in [1.54, 1.807) is 18.7 Å². The minimum absolute atomic E-state index is 0.0560. The number of hydrogen-bond donors (Lipinski definition) is 3. The summed E-state index contributed by atoms with van der Waals surface area (Å²) in [6.07, 6.45) is 3.11. The number of thioether (sulfide) groups is 1. The number of pyridine rings is 1. The second-order valence-electron chi connectivity index (χ2n) is 5.49. The average Bonchev–Trinajstić information content (AvgIpc) is 2.60. The van der Waals surface area contributed by atoms with Gasteiger partial charge in [-0.3, -0.25) is 9.78 Å². The molecule has 0 bridgehead atoms. The largest absolute Gasteiger partial charge is 0.505 e. The van der Waals surface area contributed by atoms with E-state index in [1.807, 2.05) is 31.2 Å². The zero-order chi connectivity index (χ0) is 18.2. The van der Waals surface area contributed by atoms with E-state index in [4.69, 9.17) is 0 Å². The number of aryl methyl sites for hydroxylation is 2. The summed E-state index contributed by atoms with van der Waals surface area (Å²) in [4.78, 5) is 16.9. The zero-order valence-electron chi connectivity index (χ0n) is 14.2. The topological polar surface area (TPSA) is 94.8 Å². The summed E-state index contributed by atoms with van der Waals surface area (Å²) >= 11 is 1.60. The zero-order valence-corrected chi connectivity index (χ0v) is 15.0. The highest BCUT2D eigenvalue weighted by Gasteiger charge is 2.09. The number of benzene rings is 1. The predicted octanol–water partition coefficient (Wildman–Crippen LogP) is 2.53. The van der Waals surface area contributed by atoms with E-state index in [1.165, 1.54) is 18.0 Å².